The Kier molecular flexibility index (Phi) is 2.21. The Morgan fingerprint density at radius 2 is 2.14 bits per heavy atom. The van der Waals surface area contributed by atoms with E-state index in [2.05, 4.69) is 5.14 Å². The highest BCUT2D eigenvalue weighted by Crippen LogP contribution is 1.66. The van der Waals surface area contributed by atoms with Crippen molar-refractivity contribution in [2.45, 2.75) is 6.92 Å². The molecule has 0 fully saturated rings. The lowest BCUT2D eigenvalue weighted by Crippen LogP contribution is -2.27. The molecule has 0 saturated carbocycles. The summed E-state index contributed by atoms with van der Waals surface area (Å²) < 4.78 is 21.6. The van der Waals surface area contributed by atoms with Crippen LogP contribution in [0.5, 0.6) is 0 Å². The molecule has 0 amide bonds. The van der Waals surface area contributed by atoms with Gasteiger partial charge in [0.15, 0.2) is 0 Å². The summed E-state index contributed by atoms with van der Waals surface area (Å²) in [5, 5.41) is 4.48. The molecule has 0 rings (SSSR count). The van der Waals surface area contributed by atoms with Gasteiger partial charge in [-0.05, 0) is 6.92 Å². The largest absolute Gasteiger partial charge is 0.274 e. The fourth-order valence-electron chi connectivity index (χ4n) is 0.164. The molecule has 0 aromatic rings. The first kappa shape index (κ1) is 6.87. The van der Waals surface area contributed by atoms with Crippen molar-refractivity contribution in [2.24, 2.45) is 5.14 Å². The monoisotopic (exact) mass is 123 g/mol. The molecule has 0 aliphatic rings. The average molecular weight is 123 g/mol. The number of hydrogen-bond acceptors (Lipinski definition) is 2. The summed E-state index contributed by atoms with van der Waals surface area (Å²) in [7, 11) is -3.48. The standard InChI is InChI=1S/C2H7N2O2S/c1-2-4-7(3,5)6/h2,4H,1H3,(H2,3,5,6). The summed E-state index contributed by atoms with van der Waals surface area (Å²) >= 11 is 0. The summed E-state index contributed by atoms with van der Waals surface area (Å²) in [6.45, 7) is 2.78. The molecular formula is C2H7N2O2S. The Morgan fingerprint density at radius 1 is 1.71 bits per heavy atom. The lowest BCUT2D eigenvalue weighted by molar-refractivity contribution is 0.590. The lowest BCUT2D eigenvalue weighted by atomic mass is 10.8. The van der Waals surface area contributed by atoms with Crippen LogP contribution in [0.2, 0.25) is 0 Å². The minimum Gasteiger partial charge on any atom is -0.216 e. The van der Waals surface area contributed by atoms with Gasteiger partial charge in [-0.15, -0.1) is 0 Å². The van der Waals surface area contributed by atoms with Gasteiger partial charge in [-0.25, -0.2) is 5.14 Å². The van der Waals surface area contributed by atoms with Gasteiger partial charge in [0, 0.05) is 6.54 Å². The van der Waals surface area contributed by atoms with E-state index in [4.69, 9.17) is 0 Å². The molecule has 0 spiro atoms. The van der Waals surface area contributed by atoms with Crippen molar-refractivity contribution in [1.82, 2.24) is 4.72 Å². The van der Waals surface area contributed by atoms with Crippen LogP contribution in [0.1, 0.15) is 6.92 Å². The van der Waals surface area contributed by atoms with Gasteiger partial charge in [0.05, 0.1) is 0 Å². The third-order valence-electron chi connectivity index (χ3n) is 0.282. The normalized spacial score (nSPS) is 11.7. The van der Waals surface area contributed by atoms with Crippen molar-refractivity contribution in [3.05, 3.63) is 6.54 Å². The van der Waals surface area contributed by atoms with E-state index in [1.807, 2.05) is 4.72 Å². The molecule has 0 aliphatic carbocycles. The van der Waals surface area contributed by atoms with Gasteiger partial charge in [0.2, 0.25) is 0 Å². The summed E-state index contributed by atoms with van der Waals surface area (Å²) in [5.41, 5.74) is 0. The molecule has 0 aliphatic heterocycles. The molecule has 3 N–H and O–H groups in total. The van der Waals surface area contributed by atoms with E-state index in [9.17, 15) is 8.42 Å². The van der Waals surface area contributed by atoms with Gasteiger partial charge >= 0.3 is 0 Å². The van der Waals surface area contributed by atoms with Crippen LogP contribution in [-0.4, -0.2) is 8.42 Å². The molecular weight excluding hydrogens is 116 g/mol. The average Bonchev–Trinajstić information content (AvgIpc) is 1.30. The highest BCUT2D eigenvalue weighted by molar-refractivity contribution is 7.87. The molecule has 0 unspecified atom stereocenters. The van der Waals surface area contributed by atoms with Crippen molar-refractivity contribution in [2.75, 3.05) is 0 Å². The molecule has 43 valence electrons. The van der Waals surface area contributed by atoms with Gasteiger partial charge in [0.25, 0.3) is 10.2 Å². The molecule has 5 heteroatoms. The maximum absolute atomic E-state index is 9.87. The van der Waals surface area contributed by atoms with Gasteiger partial charge in [-0.3, -0.25) is 0 Å². The van der Waals surface area contributed by atoms with E-state index < -0.39 is 10.2 Å². The Bertz CT molecular complexity index is 127. The first-order chi connectivity index (χ1) is 3.06. The topological polar surface area (TPSA) is 72.2 Å². The van der Waals surface area contributed by atoms with E-state index in [1.165, 1.54) is 13.5 Å². The first-order valence-electron chi connectivity index (χ1n) is 1.64. The van der Waals surface area contributed by atoms with Crippen LogP contribution >= 0.6 is 0 Å². The number of nitrogens with two attached hydrogens (primary N) is 1. The highest BCUT2D eigenvalue weighted by atomic mass is 32.2. The Hall–Kier alpha value is -0.130. The molecule has 0 saturated heterocycles. The zero-order chi connectivity index (χ0) is 5.91. The number of rotatable bonds is 2. The summed E-state index contributed by atoms with van der Waals surface area (Å²) in [5.74, 6) is 0. The van der Waals surface area contributed by atoms with Gasteiger partial charge in [0.1, 0.15) is 0 Å². The van der Waals surface area contributed by atoms with Gasteiger partial charge < -0.3 is 0 Å². The van der Waals surface area contributed by atoms with Crippen LogP contribution < -0.4 is 9.86 Å². The van der Waals surface area contributed by atoms with Crippen molar-refractivity contribution in [3.63, 3.8) is 0 Å². The van der Waals surface area contributed by atoms with Crippen LogP contribution in [0.25, 0.3) is 0 Å². The molecule has 1 radical (unpaired) electrons. The van der Waals surface area contributed by atoms with E-state index in [1.54, 1.807) is 0 Å². The maximum Gasteiger partial charge on any atom is 0.274 e. The third kappa shape index (κ3) is 5.87. The van der Waals surface area contributed by atoms with Gasteiger partial charge in [-0.2, -0.15) is 13.1 Å². The third-order valence-corrected chi connectivity index (χ3v) is 0.846. The molecule has 0 aromatic heterocycles. The molecule has 4 nitrogen and oxygen atoms in total. The second-order valence-electron chi connectivity index (χ2n) is 0.952. The summed E-state index contributed by atoms with van der Waals surface area (Å²) in [4.78, 5) is 0. The minimum atomic E-state index is -3.48. The van der Waals surface area contributed by atoms with E-state index in [0.717, 1.165) is 0 Å². The van der Waals surface area contributed by atoms with Crippen LogP contribution in [0.3, 0.4) is 0 Å². The Balaban J connectivity index is 3.60. The molecule has 0 aromatic carbocycles. The van der Waals surface area contributed by atoms with Gasteiger partial charge in [-0.1, -0.05) is 0 Å². The fraction of sp³-hybridized carbons (Fsp3) is 0.500. The quantitative estimate of drug-likeness (QED) is 0.492. The van der Waals surface area contributed by atoms with E-state index in [-0.39, 0.29) is 0 Å². The first-order valence-corrected chi connectivity index (χ1v) is 3.19. The Morgan fingerprint density at radius 3 is 2.14 bits per heavy atom. The molecule has 7 heavy (non-hydrogen) atoms. The predicted molar refractivity (Wildman–Crippen MR) is 26.2 cm³/mol. The van der Waals surface area contributed by atoms with E-state index >= 15 is 0 Å². The highest BCUT2D eigenvalue weighted by Gasteiger charge is 1.93. The zero-order valence-corrected chi connectivity index (χ0v) is 4.70. The molecule has 0 bridgehead atoms. The van der Waals surface area contributed by atoms with Crippen LogP contribution in [0.15, 0.2) is 0 Å². The van der Waals surface area contributed by atoms with Crippen molar-refractivity contribution < 1.29 is 8.42 Å². The van der Waals surface area contributed by atoms with Crippen molar-refractivity contribution in [3.8, 4) is 0 Å². The summed E-state index contributed by atoms with van der Waals surface area (Å²) in [6.07, 6.45) is 0. The van der Waals surface area contributed by atoms with Crippen LogP contribution in [0.4, 0.5) is 0 Å². The SMILES string of the molecule is C[CH]NS(N)(=O)=O. The second kappa shape index (κ2) is 2.25. The van der Waals surface area contributed by atoms with Crippen molar-refractivity contribution >= 4 is 10.2 Å². The smallest absolute Gasteiger partial charge is 0.216 e. The second-order valence-corrected chi connectivity index (χ2v) is 2.28. The predicted octanol–water partition coefficient (Wildman–Crippen LogP) is -1.04. The fourth-order valence-corrected chi connectivity index (χ4v) is 0.493. The lowest BCUT2D eigenvalue weighted by Gasteiger charge is -1.90. The van der Waals surface area contributed by atoms with Crippen molar-refractivity contribution in [1.29, 1.82) is 0 Å². The minimum absolute atomic E-state index is 1.25. The van der Waals surface area contributed by atoms with Crippen LogP contribution in [0, 0.1) is 6.54 Å². The Labute approximate surface area is 42.9 Å². The summed E-state index contributed by atoms with van der Waals surface area (Å²) in [6, 6.07) is 0. The number of nitrogens with one attached hydrogen (secondary N) is 1. The van der Waals surface area contributed by atoms with E-state index in [0.29, 0.717) is 0 Å². The zero-order valence-electron chi connectivity index (χ0n) is 3.88. The van der Waals surface area contributed by atoms with Crippen LogP contribution in [-0.2, 0) is 10.2 Å². The number of hydrogen-bond donors (Lipinski definition) is 2. The molecule has 0 atom stereocenters. The maximum atomic E-state index is 9.87. The molecule has 0 heterocycles.